The van der Waals surface area contributed by atoms with Crippen LogP contribution >= 0.6 is 0 Å². The van der Waals surface area contributed by atoms with Crippen LogP contribution < -0.4 is 0 Å². The van der Waals surface area contributed by atoms with Crippen LogP contribution in [0.25, 0.3) is 0 Å². The van der Waals surface area contributed by atoms with Crippen LogP contribution in [0.3, 0.4) is 0 Å². The Hall–Kier alpha value is -0.530. The highest BCUT2D eigenvalue weighted by Crippen LogP contribution is 2.29. The summed E-state index contributed by atoms with van der Waals surface area (Å²) in [4.78, 5) is 14.0. The first-order valence-corrected chi connectivity index (χ1v) is 5.64. The number of amides is 1. The molecule has 0 spiro atoms. The first-order valence-electron chi connectivity index (χ1n) is 5.64. The normalized spacial score (nSPS) is 23.7. The number of likely N-dealkylation sites (tertiary alicyclic amines) is 1. The third kappa shape index (κ3) is 2.49. The van der Waals surface area contributed by atoms with Crippen LogP contribution in [0.1, 0.15) is 47.5 Å². The molecule has 1 aliphatic rings. The summed E-state index contributed by atoms with van der Waals surface area (Å²) in [5, 5.41) is 0. The third-order valence-electron chi connectivity index (χ3n) is 2.88. The van der Waals surface area contributed by atoms with E-state index < -0.39 is 0 Å². The van der Waals surface area contributed by atoms with Gasteiger partial charge in [0.05, 0.1) is 0 Å². The van der Waals surface area contributed by atoms with Crippen molar-refractivity contribution in [2.75, 3.05) is 6.54 Å². The molecule has 1 saturated heterocycles. The minimum atomic E-state index is 0.00279. The number of hydrogen-bond donors (Lipinski definition) is 0. The van der Waals surface area contributed by atoms with Crippen LogP contribution in [0.4, 0.5) is 0 Å². The molecule has 1 rings (SSSR count). The van der Waals surface area contributed by atoms with E-state index in [1.54, 1.807) is 0 Å². The first-order chi connectivity index (χ1) is 6.32. The molecule has 0 aromatic rings. The van der Waals surface area contributed by atoms with Gasteiger partial charge in [-0.3, -0.25) is 4.79 Å². The van der Waals surface area contributed by atoms with E-state index in [0.717, 1.165) is 19.4 Å². The van der Waals surface area contributed by atoms with Gasteiger partial charge in [-0.2, -0.15) is 0 Å². The predicted octanol–water partition coefficient (Wildman–Crippen LogP) is 2.68. The van der Waals surface area contributed by atoms with Gasteiger partial charge in [-0.05, 0) is 39.5 Å². The van der Waals surface area contributed by atoms with E-state index in [2.05, 4.69) is 34.6 Å². The van der Waals surface area contributed by atoms with Crippen molar-refractivity contribution in [3.8, 4) is 0 Å². The van der Waals surface area contributed by atoms with Gasteiger partial charge in [0.15, 0.2) is 0 Å². The van der Waals surface area contributed by atoms with Crippen LogP contribution in [0.15, 0.2) is 0 Å². The maximum Gasteiger partial charge on any atom is 0.226 e. The number of nitrogens with zero attached hydrogens (tertiary/aromatic N) is 1. The zero-order valence-electron chi connectivity index (χ0n) is 10.1. The SMILES string of the molecule is CC(C)CC1CCN(C(C)(C)C)C1=O. The van der Waals surface area contributed by atoms with Gasteiger partial charge in [-0.25, -0.2) is 0 Å². The molecule has 0 aromatic carbocycles. The fourth-order valence-electron chi connectivity index (χ4n) is 2.19. The van der Waals surface area contributed by atoms with Crippen molar-refractivity contribution in [1.82, 2.24) is 4.90 Å². The van der Waals surface area contributed by atoms with Gasteiger partial charge in [-0.1, -0.05) is 13.8 Å². The zero-order valence-corrected chi connectivity index (χ0v) is 10.1. The fraction of sp³-hybridized carbons (Fsp3) is 0.917. The van der Waals surface area contributed by atoms with Crippen LogP contribution in [-0.4, -0.2) is 22.9 Å². The lowest BCUT2D eigenvalue weighted by atomic mass is 9.96. The molecule has 1 amide bonds. The van der Waals surface area contributed by atoms with Gasteiger partial charge >= 0.3 is 0 Å². The van der Waals surface area contributed by atoms with Crippen LogP contribution in [0.2, 0.25) is 0 Å². The maximum absolute atomic E-state index is 12.0. The molecule has 1 heterocycles. The van der Waals surface area contributed by atoms with E-state index in [1.807, 2.05) is 4.90 Å². The summed E-state index contributed by atoms with van der Waals surface area (Å²) in [7, 11) is 0. The Morgan fingerprint density at radius 2 is 2.00 bits per heavy atom. The highest BCUT2D eigenvalue weighted by atomic mass is 16.2. The van der Waals surface area contributed by atoms with Gasteiger partial charge in [0.1, 0.15) is 0 Å². The van der Waals surface area contributed by atoms with Gasteiger partial charge < -0.3 is 4.90 Å². The summed E-state index contributed by atoms with van der Waals surface area (Å²) in [5.74, 6) is 1.28. The molecule has 1 atom stereocenters. The van der Waals surface area contributed by atoms with Crippen molar-refractivity contribution in [3.05, 3.63) is 0 Å². The predicted molar refractivity (Wildman–Crippen MR) is 59.0 cm³/mol. The quantitative estimate of drug-likeness (QED) is 0.666. The van der Waals surface area contributed by atoms with Crippen molar-refractivity contribution in [2.24, 2.45) is 11.8 Å². The Balaban J connectivity index is 2.60. The molecule has 82 valence electrons. The molecule has 0 aromatic heterocycles. The van der Waals surface area contributed by atoms with E-state index in [4.69, 9.17) is 0 Å². The zero-order chi connectivity index (χ0) is 10.9. The minimum absolute atomic E-state index is 0.00279. The molecule has 1 unspecified atom stereocenters. The number of hydrogen-bond acceptors (Lipinski definition) is 1. The molecular weight excluding hydrogens is 174 g/mol. The Morgan fingerprint density at radius 1 is 1.43 bits per heavy atom. The number of carbonyl (C=O) groups is 1. The highest BCUT2D eigenvalue weighted by molar-refractivity contribution is 5.81. The number of carbonyl (C=O) groups excluding carboxylic acids is 1. The molecule has 0 radical (unpaired) electrons. The molecule has 14 heavy (non-hydrogen) atoms. The standard InChI is InChI=1S/C12H23NO/c1-9(2)8-10-6-7-13(11(10)14)12(3,4)5/h9-10H,6-8H2,1-5H3. The molecule has 2 nitrogen and oxygen atoms in total. The van der Waals surface area contributed by atoms with E-state index in [1.165, 1.54) is 0 Å². The Kier molecular flexibility index (Phi) is 3.23. The van der Waals surface area contributed by atoms with Crippen molar-refractivity contribution < 1.29 is 4.79 Å². The summed E-state index contributed by atoms with van der Waals surface area (Å²) in [6.45, 7) is 11.7. The van der Waals surface area contributed by atoms with Crippen LogP contribution in [0.5, 0.6) is 0 Å². The van der Waals surface area contributed by atoms with Gasteiger partial charge in [-0.15, -0.1) is 0 Å². The first kappa shape index (κ1) is 11.5. The summed E-state index contributed by atoms with van der Waals surface area (Å²) in [6, 6.07) is 0. The molecule has 0 N–H and O–H groups in total. The molecule has 0 bridgehead atoms. The van der Waals surface area contributed by atoms with Crippen molar-refractivity contribution in [1.29, 1.82) is 0 Å². The second kappa shape index (κ2) is 3.92. The Labute approximate surface area is 87.7 Å². The van der Waals surface area contributed by atoms with E-state index in [9.17, 15) is 4.79 Å². The summed E-state index contributed by atoms with van der Waals surface area (Å²) in [5.41, 5.74) is 0.00279. The lowest BCUT2D eigenvalue weighted by Crippen LogP contribution is -2.43. The van der Waals surface area contributed by atoms with Gasteiger partial charge in [0.2, 0.25) is 5.91 Å². The van der Waals surface area contributed by atoms with Crippen LogP contribution in [-0.2, 0) is 4.79 Å². The van der Waals surface area contributed by atoms with Crippen molar-refractivity contribution in [2.45, 2.75) is 53.0 Å². The third-order valence-corrected chi connectivity index (χ3v) is 2.88. The molecule has 1 fully saturated rings. The van der Waals surface area contributed by atoms with Crippen molar-refractivity contribution in [3.63, 3.8) is 0 Å². The van der Waals surface area contributed by atoms with Crippen molar-refractivity contribution >= 4 is 5.91 Å². The Bertz CT molecular complexity index is 215. The van der Waals surface area contributed by atoms with E-state index in [-0.39, 0.29) is 11.5 Å². The summed E-state index contributed by atoms with van der Waals surface area (Å²) < 4.78 is 0. The molecular formula is C12H23NO. The van der Waals surface area contributed by atoms with Crippen LogP contribution in [0, 0.1) is 11.8 Å². The summed E-state index contributed by atoms with van der Waals surface area (Å²) >= 11 is 0. The second-order valence-electron chi connectivity index (χ2n) is 5.78. The molecule has 2 heteroatoms. The minimum Gasteiger partial charge on any atom is -0.338 e. The number of rotatable bonds is 2. The average Bonchev–Trinajstić information content (AvgIpc) is 2.30. The molecule has 1 aliphatic heterocycles. The lowest BCUT2D eigenvalue weighted by molar-refractivity contribution is -0.135. The van der Waals surface area contributed by atoms with Gasteiger partial charge in [0, 0.05) is 18.0 Å². The smallest absolute Gasteiger partial charge is 0.226 e. The molecule has 0 aliphatic carbocycles. The largest absolute Gasteiger partial charge is 0.338 e. The monoisotopic (exact) mass is 197 g/mol. The average molecular weight is 197 g/mol. The topological polar surface area (TPSA) is 20.3 Å². The van der Waals surface area contributed by atoms with E-state index in [0.29, 0.717) is 11.8 Å². The maximum atomic E-state index is 12.0. The second-order valence-corrected chi connectivity index (χ2v) is 5.78. The highest BCUT2D eigenvalue weighted by Gasteiger charge is 2.37. The summed E-state index contributed by atoms with van der Waals surface area (Å²) in [6.07, 6.45) is 2.10. The molecule has 0 saturated carbocycles. The Morgan fingerprint density at radius 3 is 2.36 bits per heavy atom. The van der Waals surface area contributed by atoms with E-state index >= 15 is 0 Å². The van der Waals surface area contributed by atoms with Gasteiger partial charge in [0.25, 0.3) is 0 Å². The lowest BCUT2D eigenvalue weighted by Gasteiger charge is -2.32. The fourth-order valence-corrected chi connectivity index (χ4v) is 2.19.